The van der Waals surface area contributed by atoms with E-state index in [1.54, 1.807) is 0 Å². The van der Waals surface area contributed by atoms with Gasteiger partial charge in [0.15, 0.2) is 0 Å². The third kappa shape index (κ3) is 2.66. The summed E-state index contributed by atoms with van der Waals surface area (Å²) >= 11 is 0. The summed E-state index contributed by atoms with van der Waals surface area (Å²) in [5.41, 5.74) is 2.79. The number of rotatable bonds is 1. The van der Waals surface area contributed by atoms with Crippen molar-refractivity contribution < 1.29 is 0 Å². The molecule has 16 heavy (non-hydrogen) atoms. The number of hydrogen-bond acceptors (Lipinski definition) is 1. The van der Waals surface area contributed by atoms with Gasteiger partial charge in [-0.25, -0.2) is 0 Å². The van der Waals surface area contributed by atoms with Gasteiger partial charge in [0.1, 0.15) is 0 Å². The Bertz CT molecular complexity index is 359. The molecule has 0 saturated carbocycles. The first kappa shape index (κ1) is 13.3. The topological polar surface area (TPSA) is 17.8 Å². The largest absolute Gasteiger partial charge is 0.266 e. The Kier molecular flexibility index (Phi) is 3.24. The van der Waals surface area contributed by atoms with Gasteiger partial charge in [0.2, 0.25) is 0 Å². The molecule has 0 N–H and O–H groups in total. The molecule has 1 aromatic heterocycles. The van der Waals surface area contributed by atoms with Crippen molar-refractivity contribution in [3.8, 4) is 0 Å². The Labute approximate surface area is 100 Å². The van der Waals surface area contributed by atoms with E-state index >= 15 is 0 Å². The monoisotopic (exact) mass is 222 g/mol. The van der Waals surface area contributed by atoms with Crippen LogP contribution < -0.4 is 0 Å². The Morgan fingerprint density at radius 1 is 1.00 bits per heavy atom. The lowest BCUT2D eigenvalue weighted by Gasteiger charge is -2.22. The maximum Gasteiger partial charge on any atom is 0.0681 e. The van der Waals surface area contributed by atoms with Gasteiger partial charge in [-0.05, 0) is 19.9 Å². The highest BCUT2D eigenvalue weighted by atomic mass is 15.3. The molecule has 0 atom stereocenters. The van der Waals surface area contributed by atoms with Crippen LogP contribution in [0.25, 0.3) is 0 Å². The van der Waals surface area contributed by atoms with E-state index in [0.29, 0.717) is 6.04 Å². The van der Waals surface area contributed by atoms with Crippen LogP contribution >= 0.6 is 0 Å². The van der Waals surface area contributed by atoms with E-state index in [4.69, 9.17) is 5.10 Å². The van der Waals surface area contributed by atoms with Crippen molar-refractivity contribution in [2.45, 2.75) is 72.3 Å². The van der Waals surface area contributed by atoms with Gasteiger partial charge in [-0.3, -0.25) is 4.68 Å². The van der Waals surface area contributed by atoms with Crippen molar-refractivity contribution in [3.63, 3.8) is 0 Å². The van der Waals surface area contributed by atoms with E-state index in [0.717, 1.165) is 0 Å². The zero-order valence-corrected chi connectivity index (χ0v) is 12.0. The lowest BCUT2D eigenvalue weighted by molar-refractivity contribution is 0.437. The average Bonchev–Trinajstić information content (AvgIpc) is 2.44. The molecular weight excluding hydrogens is 196 g/mol. The molecule has 1 heterocycles. The van der Waals surface area contributed by atoms with E-state index < -0.39 is 0 Å². The molecule has 0 spiro atoms. The molecule has 0 radical (unpaired) electrons. The molecule has 0 aliphatic carbocycles. The van der Waals surface area contributed by atoms with Crippen molar-refractivity contribution in [3.05, 3.63) is 17.5 Å². The number of nitrogens with zero attached hydrogens (tertiary/aromatic N) is 2. The summed E-state index contributed by atoms with van der Waals surface area (Å²) in [6.07, 6.45) is 0. The second-order valence-corrected chi connectivity index (χ2v) is 6.95. The van der Waals surface area contributed by atoms with Crippen LogP contribution in [0.5, 0.6) is 0 Å². The van der Waals surface area contributed by atoms with Gasteiger partial charge in [0, 0.05) is 22.6 Å². The summed E-state index contributed by atoms with van der Waals surface area (Å²) in [5, 5.41) is 4.76. The SMILES string of the molecule is CC(C)n1nc(C(C)(C)C)cc1C(C)(C)C. The van der Waals surface area contributed by atoms with Crippen LogP contribution in [-0.4, -0.2) is 9.78 Å². The quantitative estimate of drug-likeness (QED) is 0.700. The molecule has 1 rings (SSSR count). The first-order valence-corrected chi connectivity index (χ1v) is 6.14. The Balaban J connectivity index is 3.32. The minimum Gasteiger partial charge on any atom is -0.266 e. The van der Waals surface area contributed by atoms with E-state index in [1.165, 1.54) is 11.4 Å². The lowest BCUT2D eigenvalue weighted by Crippen LogP contribution is -2.19. The third-order valence-corrected chi connectivity index (χ3v) is 2.76. The molecule has 92 valence electrons. The highest BCUT2D eigenvalue weighted by molar-refractivity contribution is 5.23. The van der Waals surface area contributed by atoms with Crippen LogP contribution in [0.15, 0.2) is 6.07 Å². The second kappa shape index (κ2) is 3.90. The van der Waals surface area contributed by atoms with Crippen LogP contribution in [0.1, 0.15) is 72.8 Å². The maximum atomic E-state index is 4.76. The number of hydrogen-bond donors (Lipinski definition) is 0. The summed E-state index contributed by atoms with van der Waals surface area (Å²) in [7, 11) is 0. The fourth-order valence-corrected chi connectivity index (χ4v) is 1.71. The maximum absolute atomic E-state index is 4.76. The van der Waals surface area contributed by atoms with Gasteiger partial charge in [-0.15, -0.1) is 0 Å². The first-order chi connectivity index (χ1) is 7.03. The molecule has 0 aliphatic rings. The third-order valence-electron chi connectivity index (χ3n) is 2.76. The van der Waals surface area contributed by atoms with Crippen molar-refractivity contribution >= 4 is 0 Å². The summed E-state index contributed by atoms with van der Waals surface area (Å²) in [6.45, 7) is 17.8. The second-order valence-electron chi connectivity index (χ2n) is 6.95. The molecule has 0 aromatic carbocycles. The highest BCUT2D eigenvalue weighted by Gasteiger charge is 2.26. The molecule has 2 heteroatoms. The fraction of sp³-hybridized carbons (Fsp3) is 0.786. The zero-order chi connectivity index (χ0) is 12.7. The molecular formula is C14H26N2. The Morgan fingerprint density at radius 3 is 1.75 bits per heavy atom. The minimum absolute atomic E-state index is 0.125. The molecule has 0 saturated heterocycles. The molecule has 0 aliphatic heterocycles. The van der Waals surface area contributed by atoms with E-state index in [9.17, 15) is 0 Å². The fourth-order valence-electron chi connectivity index (χ4n) is 1.71. The highest BCUT2D eigenvalue weighted by Crippen LogP contribution is 2.30. The van der Waals surface area contributed by atoms with Crippen LogP contribution in [0.3, 0.4) is 0 Å². The molecule has 0 fully saturated rings. The smallest absolute Gasteiger partial charge is 0.0681 e. The van der Waals surface area contributed by atoms with Gasteiger partial charge in [0.25, 0.3) is 0 Å². The van der Waals surface area contributed by atoms with E-state index in [1.807, 2.05) is 0 Å². The zero-order valence-electron chi connectivity index (χ0n) is 12.0. The Morgan fingerprint density at radius 2 is 1.50 bits per heavy atom. The normalized spacial score (nSPS) is 13.6. The first-order valence-electron chi connectivity index (χ1n) is 6.14. The summed E-state index contributed by atoms with van der Waals surface area (Å²) in [6, 6.07) is 2.69. The lowest BCUT2D eigenvalue weighted by atomic mass is 9.88. The molecule has 1 aromatic rings. The van der Waals surface area contributed by atoms with Gasteiger partial charge in [-0.2, -0.15) is 5.10 Å². The van der Waals surface area contributed by atoms with Crippen LogP contribution in [0.2, 0.25) is 0 Å². The van der Waals surface area contributed by atoms with Crippen molar-refractivity contribution in [2.24, 2.45) is 0 Å². The molecule has 0 amide bonds. The van der Waals surface area contributed by atoms with Crippen LogP contribution in [-0.2, 0) is 10.8 Å². The Hall–Kier alpha value is -0.790. The van der Waals surface area contributed by atoms with Crippen LogP contribution in [0, 0.1) is 0 Å². The molecule has 2 nitrogen and oxygen atoms in total. The van der Waals surface area contributed by atoms with Crippen LogP contribution in [0.4, 0.5) is 0 Å². The standard InChI is InChI=1S/C14H26N2/c1-10(2)16-12(14(6,7)8)9-11(15-16)13(3,4)5/h9-10H,1-8H3. The van der Waals surface area contributed by atoms with Gasteiger partial charge < -0.3 is 0 Å². The van der Waals surface area contributed by atoms with E-state index in [-0.39, 0.29) is 10.8 Å². The summed E-state index contributed by atoms with van der Waals surface area (Å²) < 4.78 is 2.17. The van der Waals surface area contributed by atoms with Gasteiger partial charge in [0.05, 0.1) is 5.69 Å². The summed E-state index contributed by atoms with van der Waals surface area (Å²) in [5.74, 6) is 0. The molecule has 0 unspecified atom stereocenters. The summed E-state index contributed by atoms with van der Waals surface area (Å²) in [4.78, 5) is 0. The average molecular weight is 222 g/mol. The molecule has 0 bridgehead atoms. The predicted octanol–water partition coefficient (Wildman–Crippen LogP) is 4.06. The van der Waals surface area contributed by atoms with Gasteiger partial charge >= 0.3 is 0 Å². The van der Waals surface area contributed by atoms with E-state index in [2.05, 4.69) is 66.1 Å². The van der Waals surface area contributed by atoms with Crippen molar-refractivity contribution in [1.29, 1.82) is 0 Å². The minimum atomic E-state index is 0.125. The van der Waals surface area contributed by atoms with Crippen molar-refractivity contribution in [2.75, 3.05) is 0 Å². The van der Waals surface area contributed by atoms with Crippen molar-refractivity contribution in [1.82, 2.24) is 9.78 Å². The number of aromatic nitrogens is 2. The van der Waals surface area contributed by atoms with Gasteiger partial charge in [-0.1, -0.05) is 41.5 Å². The predicted molar refractivity (Wildman–Crippen MR) is 70.0 cm³/mol.